The van der Waals surface area contributed by atoms with Crippen molar-refractivity contribution < 1.29 is 4.74 Å². The molecule has 0 amide bonds. The second-order valence-corrected chi connectivity index (χ2v) is 8.39. The minimum Gasteiger partial charge on any atom is -0.376 e. The molecule has 0 saturated carbocycles. The molecule has 0 spiro atoms. The Morgan fingerprint density at radius 3 is 2.65 bits per heavy atom. The van der Waals surface area contributed by atoms with Crippen LogP contribution in [0.5, 0.6) is 0 Å². The lowest BCUT2D eigenvalue weighted by molar-refractivity contribution is 0.0951. The number of hydrogen-bond acceptors (Lipinski definition) is 5. The molecule has 1 unspecified atom stereocenters. The standard InChI is InChI=1S/C17H30N4OS/c1-13(2)12-23-17-19-18-16(20-8-6-14(3)7-9-20)21(17)11-15-5-4-10-22-15/h13-15H,4-12H2,1-3H3. The van der Waals surface area contributed by atoms with E-state index in [0.29, 0.717) is 12.0 Å². The van der Waals surface area contributed by atoms with Crippen LogP contribution in [0.4, 0.5) is 5.95 Å². The third kappa shape index (κ3) is 4.41. The molecule has 0 N–H and O–H groups in total. The van der Waals surface area contributed by atoms with E-state index in [1.165, 1.54) is 19.3 Å². The summed E-state index contributed by atoms with van der Waals surface area (Å²) < 4.78 is 8.18. The lowest BCUT2D eigenvalue weighted by atomic mass is 10.00. The molecule has 5 nitrogen and oxygen atoms in total. The first-order valence-corrected chi connectivity index (χ1v) is 10.0. The zero-order valence-corrected chi connectivity index (χ0v) is 15.5. The summed E-state index contributed by atoms with van der Waals surface area (Å²) in [5.41, 5.74) is 0. The maximum Gasteiger partial charge on any atom is 0.228 e. The van der Waals surface area contributed by atoms with Gasteiger partial charge in [-0.2, -0.15) is 0 Å². The van der Waals surface area contributed by atoms with E-state index in [4.69, 9.17) is 4.74 Å². The predicted octanol–water partition coefficient (Wildman–Crippen LogP) is 3.44. The summed E-state index contributed by atoms with van der Waals surface area (Å²) in [6, 6.07) is 0. The van der Waals surface area contributed by atoms with E-state index in [1.807, 2.05) is 11.8 Å². The molecule has 1 atom stereocenters. The van der Waals surface area contributed by atoms with Crippen LogP contribution in [0.2, 0.25) is 0 Å². The van der Waals surface area contributed by atoms with Crippen LogP contribution >= 0.6 is 11.8 Å². The van der Waals surface area contributed by atoms with Crippen molar-refractivity contribution in [3.05, 3.63) is 0 Å². The lowest BCUT2D eigenvalue weighted by Crippen LogP contribution is -2.35. The van der Waals surface area contributed by atoms with Crippen LogP contribution < -0.4 is 4.90 Å². The zero-order chi connectivity index (χ0) is 16.2. The third-order valence-electron chi connectivity index (χ3n) is 4.72. The molecular weight excluding hydrogens is 308 g/mol. The summed E-state index contributed by atoms with van der Waals surface area (Å²) in [5.74, 6) is 3.63. The average Bonchev–Trinajstić information content (AvgIpc) is 3.17. The molecule has 1 aromatic rings. The fraction of sp³-hybridized carbons (Fsp3) is 0.882. The number of aromatic nitrogens is 3. The van der Waals surface area contributed by atoms with Crippen molar-refractivity contribution in [2.45, 2.75) is 64.3 Å². The highest BCUT2D eigenvalue weighted by atomic mass is 32.2. The van der Waals surface area contributed by atoms with E-state index in [0.717, 1.165) is 55.4 Å². The number of rotatable bonds is 6. The van der Waals surface area contributed by atoms with E-state index >= 15 is 0 Å². The Labute approximate surface area is 144 Å². The lowest BCUT2D eigenvalue weighted by Gasteiger charge is -2.31. The molecule has 23 heavy (non-hydrogen) atoms. The topological polar surface area (TPSA) is 43.2 Å². The van der Waals surface area contributed by atoms with Gasteiger partial charge in [-0.05, 0) is 37.5 Å². The van der Waals surface area contributed by atoms with Gasteiger partial charge in [0.1, 0.15) is 0 Å². The van der Waals surface area contributed by atoms with Crippen molar-refractivity contribution in [2.24, 2.45) is 11.8 Å². The van der Waals surface area contributed by atoms with Gasteiger partial charge in [0.25, 0.3) is 0 Å². The Bertz CT molecular complexity index is 491. The predicted molar refractivity (Wildman–Crippen MR) is 95.2 cm³/mol. The van der Waals surface area contributed by atoms with Gasteiger partial charge in [-0.15, -0.1) is 10.2 Å². The van der Waals surface area contributed by atoms with Crippen molar-refractivity contribution in [2.75, 3.05) is 30.3 Å². The van der Waals surface area contributed by atoms with Crippen LogP contribution in [-0.4, -0.2) is 46.3 Å². The Morgan fingerprint density at radius 1 is 1.22 bits per heavy atom. The maximum absolute atomic E-state index is 5.86. The average molecular weight is 339 g/mol. The fourth-order valence-electron chi connectivity index (χ4n) is 3.22. The van der Waals surface area contributed by atoms with Crippen LogP contribution in [0, 0.1) is 11.8 Å². The molecule has 2 aliphatic heterocycles. The highest BCUT2D eigenvalue weighted by Gasteiger charge is 2.25. The Kier molecular flexibility index (Phi) is 5.85. The smallest absolute Gasteiger partial charge is 0.228 e. The SMILES string of the molecule is CC(C)CSc1nnc(N2CCC(C)CC2)n1CC1CCCO1. The molecule has 0 radical (unpaired) electrons. The molecule has 130 valence electrons. The van der Waals surface area contributed by atoms with Gasteiger partial charge in [0.2, 0.25) is 5.95 Å². The van der Waals surface area contributed by atoms with E-state index in [9.17, 15) is 0 Å². The quantitative estimate of drug-likeness (QED) is 0.743. The van der Waals surface area contributed by atoms with Gasteiger partial charge in [-0.25, -0.2) is 0 Å². The molecular formula is C17H30N4OS. The van der Waals surface area contributed by atoms with E-state index in [-0.39, 0.29) is 0 Å². The van der Waals surface area contributed by atoms with Crippen molar-refractivity contribution in [1.29, 1.82) is 0 Å². The molecule has 2 fully saturated rings. The molecule has 2 saturated heterocycles. The van der Waals surface area contributed by atoms with Gasteiger partial charge in [0.05, 0.1) is 12.6 Å². The third-order valence-corrected chi connectivity index (χ3v) is 6.11. The summed E-state index contributed by atoms with van der Waals surface area (Å²) >= 11 is 1.83. The van der Waals surface area contributed by atoms with Crippen molar-refractivity contribution in [1.82, 2.24) is 14.8 Å². The van der Waals surface area contributed by atoms with Crippen molar-refractivity contribution in [3.63, 3.8) is 0 Å². The highest BCUT2D eigenvalue weighted by molar-refractivity contribution is 7.99. The van der Waals surface area contributed by atoms with Crippen LogP contribution in [0.25, 0.3) is 0 Å². The van der Waals surface area contributed by atoms with Gasteiger partial charge in [0.15, 0.2) is 5.16 Å². The highest BCUT2D eigenvalue weighted by Crippen LogP contribution is 2.28. The van der Waals surface area contributed by atoms with Gasteiger partial charge >= 0.3 is 0 Å². The number of piperidine rings is 1. The van der Waals surface area contributed by atoms with Gasteiger partial charge < -0.3 is 9.64 Å². The zero-order valence-electron chi connectivity index (χ0n) is 14.7. The Morgan fingerprint density at radius 2 is 2.00 bits per heavy atom. The van der Waals surface area contributed by atoms with Crippen molar-refractivity contribution >= 4 is 17.7 Å². The van der Waals surface area contributed by atoms with Crippen molar-refractivity contribution in [3.8, 4) is 0 Å². The number of thioether (sulfide) groups is 1. The monoisotopic (exact) mass is 338 g/mol. The molecule has 3 heterocycles. The first-order valence-electron chi connectivity index (χ1n) is 9.06. The minimum absolute atomic E-state index is 0.326. The first kappa shape index (κ1) is 17.1. The number of anilines is 1. The number of hydrogen-bond donors (Lipinski definition) is 0. The summed E-state index contributed by atoms with van der Waals surface area (Å²) in [6.45, 7) is 10.8. The Hall–Kier alpha value is -0.750. The molecule has 0 aromatic carbocycles. The summed E-state index contributed by atoms with van der Waals surface area (Å²) in [7, 11) is 0. The van der Waals surface area contributed by atoms with Gasteiger partial charge in [-0.1, -0.05) is 32.5 Å². The summed E-state index contributed by atoms with van der Waals surface area (Å²) in [5, 5.41) is 10.1. The molecule has 0 bridgehead atoms. The maximum atomic E-state index is 5.86. The normalized spacial score (nSPS) is 23.1. The minimum atomic E-state index is 0.326. The van der Waals surface area contributed by atoms with E-state index < -0.39 is 0 Å². The second kappa shape index (κ2) is 7.88. The largest absolute Gasteiger partial charge is 0.376 e. The van der Waals surface area contributed by atoms with Gasteiger partial charge in [0, 0.05) is 25.4 Å². The molecule has 2 aliphatic rings. The van der Waals surface area contributed by atoms with Crippen LogP contribution in [-0.2, 0) is 11.3 Å². The second-order valence-electron chi connectivity index (χ2n) is 7.40. The van der Waals surface area contributed by atoms with E-state index in [2.05, 4.69) is 40.4 Å². The Balaban J connectivity index is 1.76. The first-order chi connectivity index (χ1) is 11.1. The fourth-order valence-corrected chi connectivity index (χ4v) is 4.12. The molecule has 3 rings (SSSR count). The van der Waals surface area contributed by atoms with E-state index in [1.54, 1.807) is 0 Å². The summed E-state index contributed by atoms with van der Waals surface area (Å²) in [4.78, 5) is 2.42. The number of nitrogens with zero attached hydrogens (tertiary/aromatic N) is 4. The van der Waals surface area contributed by atoms with Crippen LogP contribution in [0.3, 0.4) is 0 Å². The number of ether oxygens (including phenoxy) is 1. The molecule has 0 aliphatic carbocycles. The van der Waals surface area contributed by atoms with Crippen LogP contribution in [0.1, 0.15) is 46.5 Å². The molecule has 1 aromatic heterocycles. The van der Waals surface area contributed by atoms with Gasteiger partial charge in [-0.3, -0.25) is 4.57 Å². The van der Waals surface area contributed by atoms with Crippen LogP contribution in [0.15, 0.2) is 5.16 Å². The summed E-state index contributed by atoms with van der Waals surface area (Å²) in [6.07, 6.45) is 5.16. The molecule has 6 heteroatoms.